The first-order valence-corrected chi connectivity index (χ1v) is 8.54. The van der Waals surface area contributed by atoms with Crippen LogP contribution in [-0.4, -0.2) is 43.1 Å². The second kappa shape index (κ2) is 7.41. The van der Waals surface area contributed by atoms with Crippen molar-refractivity contribution < 1.29 is 14.3 Å². The predicted octanol–water partition coefficient (Wildman–Crippen LogP) is 1.80. The van der Waals surface area contributed by atoms with Gasteiger partial charge in [0.1, 0.15) is 5.00 Å². The third kappa shape index (κ3) is 3.32. The summed E-state index contributed by atoms with van der Waals surface area (Å²) in [6.07, 6.45) is 0. The Morgan fingerprint density at radius 1 is 1.38 bits per heavy atom. The van der Waals surface area contributed by atoms with Gasteiger partial charge in [0.25, 0.3) is 5.91 Å². The molecule has 12 heteroatoms. The Labute approximate surface area is 156 Å². The number of benzene rings is 1. The van der Waals surface area contributed by atoms with Gasteiger partial charge in [0.05, 0.1) is 18.0 Å². The molecule has 0 spiro atoms. The number of hydrogen-bond donors (Lipinski definition) is 3. The van der Waals surface area contributed by atoms with Gasteiger partial charge < -0.3 is 15.8 Å². The Morgan fingerprint density at radius 2 is 2.15 bits per heavy atom. The van der Waals surface area contributed by atoms with Gasteiger partial charge >= 0.3 is 5.97 Å². The second-order valence-corrected chi connectivity index (χ2v) is 6.02. The lowest BCUT2D eigenvalue weighted by Crippen LogP contribution is -2.12. The van der Waals surface area contributed by atoms with Crippen molar-refractivity contribution in [3.63, 3.8) is 0 Å². The molecule has 3 aromatic rings. The fourth-order valence-corrected chi connectivity index (χ4v) is 2.98. The maximum Gasteiger partial charge on any atom is 0.362 e. The molecular formula is C14H13N7O3S2. The van der Waals surface area contributed by atoms with Gasteiger partial charge in [0.15, 0.2) is 10.3 Å². The maximum absolute atomic E-state index is 12.0. The quantitative estimate of drug-likeness (QED) is 0.427. The van der Waals surface area contributed by atoms with E-state index in [1.807, 2.05) is 0 Å². The number of primary amides is 1. The van der Waals surface area contributed by atoms with E-state index in [0.29, 0.717) is 16.4 Å². The van der Waals surface area contributed by atoms with E-state index in [4.69, 9.17) is 22.7 Å². The summed E-state index contributed by atoms with van der Waals surface area (Å²) in [6.45, 7) is 1.93. The number of hydrogen-bond acceptors (Lipinski definition) is 9. The molecule has 0 radical (unpaired) electrons. The summed E-state index contributed by atoms with van der Waals surface area (Å²) in [5, 5.41) is 13.8. The molecule has 0 aliphatic rings. The maximum atomic E-state index is 12.0. The number of amides is 1. The van der Waals surface area contributed by atoms with Gasteiger partial charge in [-0.25, -0.2) is 14.7 Å². The lowest BCUT2D eigenvalue weighted by molar-refractivity contribution is 0.0520. The van der Waals surface area contributed by atoms with Crippen LogP contribution in [0.15, 0.2) is 24.3 Å². The molecule has 1 aromatic carbocycles. The van der Waals surface area contributed by atoms with Crippen molar-refractivity contribution in [1.82, 2.24) is 24.6 Å². The number of H-pyrrole nitrogens is 1. The van der Waals surface area contributed by atoms with E-state index in [2.05, 4.69) is 25.2 Å². The molecule has 0 atom stereocenters. The van der Waals surface area contributed by atoms with Gasteiger partial charge in [-0.05, 0) is 19.1 Å². The number of nitrogens with zero attached hydrogens (tertiary/aromatic N) is 4. The van der Waals surface area contributed by atoms with Crippen LogP contribution in [0.4, 0.5) is 10.7 Å². The fraction of sp³-hybridized carbons (Fsp3) is 0.143. The molecule has 0 aliphatic heterocycles. The second-order valence-electron chi connectivity index (χ2n) is 4.88. The molecule has 4 N–H and O–H groups in total. The van der Waals surface area contributed by atoms with Crippen LogP contribution in [0, 0.1) is 4.64 Å². The lowest BCUT2D eigenvalue weighted by atomic mass is 10.2. The number of rotatable bonds is 6. The van der Waals surface area contributed by atoms with Crippen LogP contribution in [0.5, 0.6) is 0 Å². The minimum absolute atomic E-state index is 0.0403. The molecule has 0 saturated carbocycles. The van der Waals surface area contributed by atoms with Crippen LogP contribution >= 0.6 is 23.8 Å². The zero-order valence-electron chi connectivity index (χ0n) is 13.4. The molecule has 2 aromatic heterocycles. The largest absolute Gasteiger partial charge is 0.461 e. The Hall–Kier alpha value is -3.12. The number of para-hydroxylation sites is 2. The molecule has 0 saturated heterocycles. The number of aromatic amines is 1. The summed E-state index contributed by atoms with van der Waals surface area (Å²) in [5.74, 6) is -1.30. The Kier molecular flexibility index (Phi) is 5.04. The number of anilines is 2. The molecular weight excluding hydrogens is 378 g/mol. The van der Waals surface area contributed by atoms with E-state index >= 15 is 0 Å². The van der Waals surface area contributed by atoms with Crippen LogP contribution in [0.25, 0.3) is 5.69 Å². The highest BCUT2D eigenvalue weighted by Crippen LogP contribution is 2.28. The van der Waals surface area contributed by atoms with Gasteiger partial charge in [-0.1, -0.05) is 28.8 Å². The predicted molar refractivity (Wildman–Crippen MR) is 96.4 cm³/mol. The lowest BCUT2D eigenvalue weighted by Gasteiger charge is -2.11. The Bertz CT molecular complexity index is 1020. The fourth-order valence-electron chi connectivity index (χ4n) is 2.13. The monoisotopic (exact) mass is 391 g/mol. The summed E-state index contributed by atoms with van der Waals surface area (Å²) in [7, 11) is 0. The number of nitrogens with two attached hydrogens (primary N) is 1. The number of aromatic nitrogens is 5. The normalized spacial score (nSPS) is 10.5. The summed E-state index contributed by atoms with van der Waals surface area (Å²) in [5.41, 5.74) is 6.45. The average Bonchev–Trinajstić information content (AvgIpc) is 3.22. The first kappa shape index (κ1) is 17.7. The Balaban J connectivity index is 2.00. The highest BCUT2D eigenvalue weighted by atomic mass is 32.1. The van der Waals surface area contributed by atoms with Gasteiger partial charge in [0, 0.05) is 11.5 Å². The third-order valence-electron chi connectivity index (χ3n) is 3.25. The average molecular weight is 391 g/mol. The minimum Gasteiger partial charge on any atom is -0.461 e. The molecule has 2 heterocycles. The van der Waals surface area contributed by atoms with Gasteiger partial charge in [-0.3, -0.25) is 4.79 Å². The van der Waals surface area contributed by atoms with Crippen molar-refractivity contribution in [2.75, 3.05) is 11.9 Å². The van der Waals surface area contributed by atoms with Crippen molar-refractivity contribution in [3.8, 4) is 5.69 Å². The number of carbonyl (C=O) groups is 2. The van der Waals surface area contributed by atoms with Crippen LogP contribution in [0.3, 0.4) is 0 Å². The summed E-state index contributed by atoms with van der Waals surface area (Å²) in [6, 6.07) is 7.08. The summed E-state index contributed by atoms with van der Waals surface area (Å²) in [4.78, 5) is 23.3. The molecule has 3 rings (SSSR count). The summed E-state index contributed by atoms with van der Waals surface area (Å²) < 4.78 is 10.3. The van der Waals surface area contributed by atoms with Crippen molar-refractivity contribution in [1.29, 1.82) is 0 Å². The molecule has 26 heavy (non-hydrogen) atoms. The molecule has 0 fully saturated rings. The first-order valence-electron chi connectivity index (χ1n) is 7.36. The molecule has 134 valence electrons. The van der Waals surface area contributed by atoms with Crippen LogP contribution in [0.1, 0.15) is 27.9 Å². The zero-order valence-corrected chi connectivity index (χ0v) is 15.1. The Morgan fingerprint density at radius 3 is 2.85 bits per heavy atom. The van der Waals surface area contributed by atoms with Gasteiger partial charge in [-0.2, -0.15) is 5.10 Å². The molecule has 0 aliphatic carbocycles. The van der Waals surface area contributed by atoms with Crippen molar-refractivity contribution >= 4 is 46.3 Å². The SMILES string of the molecule is CCOC(=O)c1nnsc1Nc1ccccc1-n1[nH]nc(C(N)=O)c1=S. The van der Waals surface area contributed by atoms with E-state index in [9.17, 15) is 9.59 Å². The van der Waals surface area contributed by atoms with E-state index in [0.717, 1.165) is 11.5 Å². The molecule has 0 unspecified atom stereocenters. The molecule has 1 amide bonds. The van der Waals surface area contributed by atoms with Gasteiger partial charge in [0.2, 0.25) is 5.69 Å². The molecule has 10 nitrogen and oxygen atoms in total. The number of nitrogens with one attached hydrogen (secondary N) is 2. The smallest absolute Gasteiger partial charge is 0.362 e. The highest BCUT2D eigenvalue weighted by molar-refractivity contribution is 7.71. The topological polar surface area (TPSA) is 141 Å². The number of carbonyl (C=O) groups excluding carboxylic acids is 2. The first-order chi connectivity index (χ1) is 12.5. The van der Waals surface area contributed by atoms with Gasteiger partial charge in [-0.15, -0.1) is 5.10 Å². The van der Waals surface area contributed by atoms with Crippen molar-refractivity contribution in [3.05, 3.63) is 40.3 Å². The summed E-state index contributed by atoms with van der Waals surface area (Å²) >= 11 is 6.25. The van der Waals surface area contributed by atoms with Crippen molar-refractivity contribution in [2.45, 2.75) is 6.92 Å². The minimum atomic E-state index is -0.730. The number of ether oxygens (including phenoxy) is 1. The third-order valence-corrected chi connectivity index (χ3v) is 4.27. The van der Waals surface area contributed by atoms with E-state index in [-0.39, 0.29) is 22.6 Å². The number of esters is 1. The van der Waals surface area contributed by atoms with E-state index in [1.165, 1.54) is 4.68 Å². The van der Waals surface area contributed by atoms with Crippen molar-refractivity contribution in [2.24, 2.45) is 5.73 Å². The van der Waals surface area contributed by atoms with Crippen LogP contribution in [0.2, 0.25) is 0 Å². The molecule has 0 bridgehead atoms. The van der Waals surface area contributed by atoms with E-state index < -0.39 is 11.9 Å². The zero-order chi connectivity index (χ0) is 18.7. The van der Waals surface area contributed by atoms with Crippen LogP contribution < -0.4 is 11.1 Å². The van der Waals surface area contributed by atoms with E-state index in [1.54, 1.807) is 31.2 Å². The standard InChI is InChI=1S/C14H13N7O3S2/c1-2-24-14(23)10-12(26-20-18-10)16-7-5-3-4-6-8(7)21-13(25)9(11(15)22)17-19-21/h3-6,16,19H,2H2,1H3,(H2,15,22). The van der Waals surface area contributed by atoms with Crippen LogP contribution in [-0.2, 0) is 4.74 Å². The highest BCUT2D eigenvalue weighted by Gasteiger charge is 2.20.